The fourth-order valence-corrected chi connectivity index (χ4v) is 4.07. The molecule has 1 amide bonds. The minimum Gasteiger partial charge on any atom is -0.872 e. The van der Waals surface area contributed by atoms with Crippen LogP contribution < -0.4 is 14.4 Å². The lowest BCUT2D eigenvalue weighted by molar-refractivity contribution is -0.695. The lowest BCUT2D eigenvalue weighted by Gasteiger charge is -2.27. The maximum absolute atomic E-state index is 13.4. The first-order chi connectivity index (χ1) is 16.1. The second-order valence-corrected chi connectivity index (χ2v) is 7.96. The standard InChI is InChI=1S/C26H27N3O4/c1-2-16-33-21-11-6-10-20(17-21)23-22(24(30)19-8-4-3-5-9-19)25(31)26(32)29(23)14-7-13-28-15-12-27-18-28/h3-6,8-12,15,17-18,23H,2,7,13-14,16H2,1H3,(H,30,31). The molecule has 0 radical (unpaired) electrons. The molecule has 170 valence electrons. The number of hydrogen-bond donors (Lipinski definition) is 1. The van der Waals surface area contributed by atoms with Crippen LogP contribution in [0.15, 0.2) is 78.9 Å². The van der Waals surface area contributed by atoms with E-state index in [1.165, 1.54) is 4.90 Å². The van der Waals surface area contributed by atoms with Crippen LogP contribution in [0.5, 0.6) is 5.75 Å². The van der Waals surface area contributed by atoms with Gasteiger partial charge in [0.15, 0.2) is 0 Å². The lowest BCUT2D eigenvalue weighted by atomic mass is 9.95. The molecule has 1 unspecified atom stereocenters. The molecule has 33 heavy (non-hydrogen) atoms. The van der Waals surface area contributed by atoms with Crippen molar-refractivity contribution >= 4 is 17.4 Å². The van der Waals surface area contributed by atoms with E-state index in [1.807, 2.05) is 54.5 Å². The summed E-state index contributed by atoms with van der Waals surface area (Å²) < 4.78 is 7.73. The van der Waals surface area contributed by atoms with Gasteiger partial charge in [0.2, 0.25) is 12.1 Å². The van der Waals surface area contributed by atoms with Gasteiger partial charge in [-0.2, -0.15) is 0 Å². The van der Waals surface area contributed by atoms with Gasteiger partial charge in [-0.15, -0.1) is 0 Å². The number of rotatable bonds is 9. The fraction of sp³-hybridized carbons (Fsp3) is 0.269. The molecular weight excluding hydrogens is 418 g/mol. The number of nitrogens with one attached hydrogen (secondary N) is 1. The number of hydrogen-bond acceptors (Lipinski definition) is 4. The van der Waals surface area contributed by atoms with E-state index in [1.54, 1.807) is 30.3 Å². The average molecular weight is 446 g/mol. The third-order valence-electron chi connectivity index (χ3n) is 5.63. The number of Topliss-reactive ketones (excluding diaryl/α,β-unsaturated/α-hetero) is 1. The van der Waals surface area contributed by atoms with Crippen molar-refractivity contribution in [2.45, 2.75) is 32.4 Å². The summed E-state index contributed by atoms with van der Waals surface area (Å²) in [6.07, 6.45) is 7.05. The summed E-state index contributed by atoms with van der Waals surface area (Å²) in [4.78, 5) is 30.6. The van der Waals surface area contributed by atoms with Crippen LogP contribution in [0.4, 0.5) is 0 Å². The Bertz CT molecular complexity index is 1140. The average Bonchev–Trinajstić information content (AvgIpc) is 3.45. The Morgan fingerprint density at radius 3 is 2.70 bits per heavy atom. The lowest BCUT2D eigenvalue weighted by Crippen LogP contribution is -2.36. The summed E-state index contributed by atoms with van der Waals surface area (Å²) in [6, 6.07) is 15.2. The third kappa shape index (κ3) is 4.82. The predicted molar refractivity (Wildman–Crippen MR) is 121 cm³/mol. The van der Waals surface area contributed by atoms with Crippen LogP contribution in [0, 0.1) is 0 Å². The molecule has 0 spiro atoms. The molecule has 1 aliphatic heterocycles. The maximum Gasteiger partial charge on any atom is 0.295 e. The first kappa shape index (κ1) is 22.3. The van der Waals surface area contributed by atoms with Gasteiger partial charge in [0.25, 0.3) is 5.91 Å². The molecule has 0 aliphatic carbocycles. The Balaban J connectivity index is 1.72. The second-order valence-electron chi connectivity index (χ2n) is 7.96. The minimum absolute atomic E-state index is 0.00635. The van der Waals surface area contributed by atoms with Gasteiger partial charge >= 0.3 is 0 Å². The molecule has 3 aromatic rings. The molecule has 7 nitrogen and oxygen atoms in total. The Labute approximate surface area is 192 Å². The molecule has 2 aromatic carbocycles. The van der Waals surface area contributed by atoms with Crippen LogP contribution in [-0.2, 0) is 16.1 Å². The molecule has 0 saturated carbocycles. The molecule has 2 heterocycles. The highest BCUT2D eigenvalue weighted by molar-refractivity contribution is 6.46. The number of aromatic nitrogens is 2. The molecular formula is C26H27N3O4. The summed E-state index contributed by atoms with van der Waals surface area (Å²) in [6.45, 7) is 3.60. The highest BCUT2D eigenvalue weighted by Crippen LogP contribution is 2.39. The zero-order valence-electron chi connectivity index (χ0n) is 18.6. The van der Waals surface area contributed by atoms with Crippen LogP contribution in [0.1, 0.15) is 36.9 Å². The van der Waals surface area contributed by atoms with Gasteiger partial charge in [-0.1, -0.05) is 55.1 Å². The molecule has 1 N–H and O–H groups in total. The third-order valence-corrected chi connectivity index (χ3v) is 5.63. The van der Waals surface area contributed by atoms with Crippen molar-refractivity contribution in [3.8, 4) is 5.75 Å². The number of nitrogens with zero attached hydrogens (tertiary/aromatic N) is 2. The van der Waals surface area contributed by atoms with Gasteiger partial charge < -0.3 is 14.7 Å². The first-order valence-electron chi connectivity index (χ1n) is 11.2. The molecule has 1 aliphatic rings. The number of ketones is 1. The topological polar surface area (TPSA) is 89.3 Å². The number of imidazole rings is 1. The van der Waals surface area contributed by atoms with E-state index in [0.717, 1.165) is 6.42 Å². The molecule has 0 bridgehead atoms. The summed E-state index contributed by atoms with van der Waals surface area (Å²) >= 11 is 0. The van der Waals surface area contributed by atoms with E-state index >= 15 is 0 Å². The predicted octanol–water partition coefficient (Wildman–Crippen LogP) is 2.41. The van der Waals surface area contributed by atoms with Gasteiger partial charge in [-0.25, -0.2) is 4.57 Å². The minimum atomic E-state index is -0.751. The number of ether oxygens (including phenoxy) is 1. The van der Waals surface area contributed by atoms with Crippen LogP contribution in [-0.4, -0.2) is 34.7 Å². The highest BCUT2D eigenvalue weighted by Gasteiger charge is 2.44. The van der Waals surface area contributed by atoms with Crippen LogP contribution in [0.25, 0.3) is 5.76 Å². The van der Waals surface area contributed by atoms with Gasteiger partial charge in [-0.3, -0.25) is 14.6 Å². The quantitative estimate of drug-likeness (QED) is 0.237. The first-order valence-corrected chi connectivity index (χ1v) is 11.2. The van der Waals surface area contributed by atoms with Gasteiger partial charge in [0, 0.05) is 18.5 Å². The summed E-state index contributed by atoms with van der Waals surface area (Å²) in [5, 5.41) is 13.4. The zero-order valence-corrected chi connectivity index (χ0v) is 18.6. The largest absolute Gasteiger partial charge is 0.872 e. The van der Waals surface area contributed by atoms with Gasteiger partial charge in [0.1, 0.15) is 18.1 Å². The van der Waals surface area contributed by atoms with E-state index in [9.17, 15) is 14.7 Å². The smallest absolute Gasteiger partial charge is 0.295 e. The van der Waals surface area contributed by atoms with E-state index in [0.29, 0.717) is 43.0 Å². The van der Waals surface area contributed by atoms with Crippen molar-refractivity contribution < 1.29 is 24.0 Å². The van der Waals surface area contributed by atoms with E-state index < -0.39 is 23.5 Å². The monoisotopic (exact) mass is 445 g/mol. The van der Waals surface area contributed by atoms with Gasteiger partial charge in [0.05, 0.1) is 19.2 Å². The van der Waals surface area contributed by atoms with Crippen molar-refractivity contribution in [3.05, 3.63) is 90.0 Å². The van der Waals surface area contributed by atoms with Crippen molar-refractivity contribution in [2.75, 3.05) is 13.2 Å². The number of aromatic amines is 1. The second kappa shape index (κ2) is 10.2. The van der Waals surface area contributed by atoms with Crippen LogP contribution in [0.2, 0.25) is 0 Å². The van der Waals surface area contributed by atoms with Crippen molar-refractivity contribution in [3.63, 3.8) is 0 Å². The number of benzene rings is 2. The SMILES string of the molecule is CCCOc1cccc(C2C(=C([O-])c3ccccc3)C(=O)C(=O)N2CCC[n+]2cc[nH]c2)c1. The molecule has 1 atom stereocenters. The molecule has 1 aromatic heterocycles. The summed E-state index contributed by atoms with van der Waals surface area (Å²) in [7, 11) is 0. The fourth-order valence-electron chi connectivity index (χ4n) is 4.07. The van der Waals surface area contributed by atoms with E-state index in [4.69, 9.17) is 4.74 Å². The molecule has 1 fully saturated rings. The normalized spacial score (nSPS) is 17.5. The Hall–Kier alpha value is -3.87. The van der Waals surface area contributed by atoms with Crippen molar-refractivity contribution in [1.82, 2.24) is 9.88 Å². The van der Waals surface area contributed by atoms with Crippen molar-refractivity contribution in [1.29, 1.82) is 0 Å². The number of likely N-dealkylation sites (tertiary alicyclic amines) is 1. The number of aryl methyl sites for hydroxylation is 1. The molecule has 7 heteroatoms. The molecule has 4 rings (SSSR count). The van der Waals surface area contributed by atoms with Crippen molar-refractivity contribution in [2.24, 2.45) is 0 Å². The number of amides is 1. The van der Waals surface area contributed by atoms with E-state index in [2.05, 4.69) is 4.98 Å². The Morgan fingerprint density at radius 1 is 1.15 bits per heavy atom. The Kier molecular flexibility index (Phi) is 6.88. The van der Waals surface area contributed by atoms with Gasteiger partial charge in [-0.05, 0) is 29.7 Å². The van der Waals surface area contributed by atoms with Crippen LogP contribution >= 0.6 is 0 Å². The zero-order chi connectivity index (χ0) is 23.2. The Morgan fingerprint density at radius 2 is 1.97 bits per heavy atom. The van der Waals surface area contributed by atoms with E-state index in [-0.39, 0.29) is 5.57 Å². The highest BCUT2D eigenvalue weighted by atomic mass is 16.5. The molecule has 1 saturated heterocycles. The summed E-state index contributed by atoms with van der Waals surface area (Å²) in [5.41, 5.74) is 1.08. The number of H-pyrrole nitrogens is 1. The number of carbonyl (C=O) groups excluding carboxylic acids is 2. The number of carbonyl (C=O) groups is 2. The van der Waals surface area contributed by atoms with Crippen LogP contribution in [0.3, 0.4) is 0 Å². The maximum atomic E-state index is 13.4. The summed E-state index contributed by atoms with van der Waals surface area (Å²) in [5.74, 6) is -1.14.